The summed E-state index contributed by atoms with van der Waals surface area (Å²) in [6.45, 7) is 4.67. The molecule has 1 saturated heterocycles. The number of benzene rings is 1. The number of hydrogen-bond donors (Lipinski definition) is 4. The molecule has 100 valence electrons. The van der Waals surface area contributed by atoms with Crippen LogP contribution in [0, 0.1) is 6.92 Å². The maximum absolute atomic E-state index is 9.84. The van der Waals surface area contributed by atoms with Gasteiger partial charge in [0.05, 0.1) is 13.2 Å². The number of ether oxygens (including phenoxy) is 1. The Bertz CT molecular complexity index is 425. The fourth-order valence-electron chi connectivity index (χ4n) is 2.04. The van der Waals surface area contributed by atoms with Gasteiger partial charge in [-0.25, -0.2) is 0 Å². The van der Waals surface area contributed by atoms with Gasteiger partial charge in [-0.15, -0.1) is 0 Å². The molecule has 0 aliphatic carbocycles. The van der Waals surface area contributed by atoms with Gasteiger partial charge >= 0.3 is 0 Å². The van der Waals surface area contributed by atoms with Gasteiger partial charge in [0.15, 0.2) is 11.5 Å². The Morgan fingerprint density at radius 1 is 0.944 bits per heavy atom. The molecule has 0 saturated carbocycles. The van der Waals surface area contributed by atoms with Gasteiger partial charge in [-0.3, -0.25) is 4.90 Å². The van der Waals surface area contributed by atoms with Crippen LogP contribution < -0.4 is 0 Å². The molecule has 1 aliphatic heterocycles. The molecule has 6 nitrogen and oxygen atoms in total. The maximum Gasteiger partial charge on any atom is 0.204 e. The smallest absolute Gasteiger partial charge is 0.204 e. The van der Waals surface area contributed by atoms with E-state index in [1.54, 1.807) is 6.92 Å². The van der Waals surface area contributed by atoms with Crippen molar-refractivity contribution >= 4 is 0 Å². The first-order valence-corrected chi connectivity index (χ1v) is 5.77. The summed E-state index contributed by atoms with van der Waals surface area (Å²) in [5.41, 5.74) is 0.791. The van der Waals surface area contributed by atoms with Crippen molar-refractivity contribution < 1.29 is 25.2 Å². The highest BCUT2D eigenvalue weighted by atomic mass is 16.5. The molecule has 0 atom stereocenters. The molecule has 0 radical (unpaired) electrons. The van der Waals surface area contributed by atoms with Crippen molar-refractivity contribution in [2.24, 2.45) is 0 Å². The van der Waals surface area contributed by atoms with Gasteiger partial charge in [-0.1, -0.05) is 0 Å². The summed E-state index contributed by atoms with van der Waals surface area (Å²) in [7, 11) is 0. The van der Waals surface area contributed by atoms with Crippen molar-refractivity contribution in [3.63, 3.8) is 0 Å². The largest absolute Gasteiger partial charge is 0.504 e. The van der Waals surface area contributed by atoms with Crippen LogP contribution in [0.15, 0.2) is 0 Å². The van der Waals surface area contributed by atoms with Crippen LogP contribution in [-0.4, -0.2) is 51.6 Å². The van der Waals surface area contributed by atoms with Crippen LogP contribution in [0.3, 0.4) is 0 Å². The zero-order chi connectivity index (χ0) is 13.3. The fourth-order valence-corrected chi connectivity index (χ4v) is 2.04. The van der Waals surface area contributed by atoms with Crippen molar-refractivity contribution in [3.05, 3.63) is 11.1 Å². The second-order valence-electron chi connectivity index (χ2n) is 4.39. The van der Waals surface area contributed by atoms with Crippen LogP contribution in [0.25, 0.3) is 0 Å². The molecular formula is C12H17NO5. The molecule has 1 fully saturated rings. The van der Waals surface area contributed by atoms with Gasteiger partial charge < -0.3 is 25.2 Å². The van der Waals surface area contributed by atoms with Crippen molar-refractivity contribution in [1.29, 1.82) is 0 Å². The number of aromatic hydroxyl groups is 4. The number of nitrogens with zero attached hydrogens (tertiary/aromatic N) is 1. The second kappa shape index (κ2) is 4.91. The zero-order valence-corrected chi connectivity index (χ0v) is 10.2. The van der Waals surface area contributed by atoms with Crippen LogP contribution in [-0.2, 0) is 11.3 Å². The van der Waals surface area contributed by atoms with E-state index in [1.807, 2.05) is 4.90 Å². The number of phenols is 4. The average molecular weight is 255 g/mol. The number of hydrogen-bond acceptors (Lipinski definition) is 6. The fraction of sp³-hybridized carbons (Fsp3) is 0.500. The Balaban J connectivity index is 2.32. The van der Waals surface area contributed by atoms with E-state index in [4.69, 9.17) is 4.74 Å². The first kappa shape index (κ1) is 12.8. The topological polar surface area (TPSA) is 93.4 Å². The van der Waals surface area contributed by atoms with Gasteiger partial charge in [0, 0.05) is 30.8 Å². The normalized spacial score (nSPS) is 16.9. The SMILES string of the molecule is Cc1c(O)c(O)c(O)c(O)c1CN1CCOCC1. The number of morpholine rings is 1. The predicted molar refractivity (Wildman–Crippen MR) is 63.9 cm³/mol. The number of phenolic OH excluding ortho intramolecular Hbond substituents is 4. The van der Waals surface area contributed by atoms with E-state index < -0.39 is 17.2 Å². The highest BCUT2D eigenvalue weighted by Gasteiger charge is 2.22. The molecule has 4 N–H and O–H groups in total. The van der Waals surface area contributed by atoms with Crippen molar-refractivity contribution in [1.82, 2.24) is 4.90 Å². The van der Waals surface area contributed by atoms with Crippen LogP contribution in [0.5, 0.6) is 23.0 Å². The Morgan fingerprint density at radius 2 is 1.50 bits per heavy atom. The summed E-state index contributed by atoms with van der Waals surface area (Å²) in [6, 6.07) is 0. The van der Waals surface area contributed by atoms with E-state index in [-0.39, 0.29) is 5.75 Å². The standard InChI is InChI=1S/C12H17NO5/c1-7-8(6-13-2-4-18-5-3-13)10(15)12(17)11(16)9(7)14/h14-17H,2-6H2,1H3. The van der Waals surface area contributed by atoms with Crippen molar-refractivity contribution in [2.45, 2.75) is 13.5 Å². The lowest BCUT2D eigenvalue weighted by molar-refractivity contribution is 0.0337. The molecule has 1 aromatic carbocycles. The molecule has 0 unspecified atom stereocenters. The van der Waals surface area contributed by atoms with Gasteiger partial charge in [0.2, 0.25) is 11.5 Å². The van der Waals surface area contributed by atoms with Gasteiger partial charge in [-0.2, -0.15) is 0 Å². The third-order valence-electron chi connectivity index (χ3n) is 3.25. The highest BCUT2D eigenvalue weighted by molar-refractivity contribution is 5.64. The maximum atomic E-state index is 9.84. The summed E-state index contributed by atoms with van der Waals surface area (Å²) in [5.74, 6) is -2.14. The van der Waals surface area contributed by atoms with Crippen LogP contribution in [0.1, 0.15) is 11.1 Å². The molecule has 0 amide bonds. The molecular weight excluding hydrogens is 238 g/mol. The first-order valence-electron chi connectivity index (χ1n) is 5.77. The lowest BCUT2D eigenvalue weighted by atomic mass is 10.0. The van der Waals surface area contributed by atoms with Crippen molar-refractivity contribution in [3.8, 4) is 23.0 Å². The Kier molecular flexibility index (Phi) is 3.49. The molecule has 0 bridgehead atoms. The molecule has 1 heterocycles. The van der Waals surface area contributed by atoms with Crippen LogP contribution in [0.4, 0.5) is 0 Å². The van der Waals surface area contributed by atoms with Crippen LogP contribution >= 0.6 is 0 Å². The van der Waals surface area contributed by atoms with E-state index >= 15 is 0 Å². The number of rotatable bonds is 2. The molecule has 1 aliphatic rings. The summed E-state index contributed by atoms with van der Waals surface area (Å²) >= 11 is 0. The second-order valence-corrected chi connectivity index (χ2v) is 4.39. The summed E-state index contributed by atoms with van der Waals surface area (Å²) in [4.78, 5) is 2.04. The Morgan fingerprint density at radius 3 is 2.11 bits per heavy atom. The summed E-state index contributed by atoms with van der Waals surface area (Å²) in [5, 5.41) is 38.4. The minimum atomic E-state index is -0.685. The zero-order valence-electron chi connectivity index (χ0n) is 10.2. The molecule has 0 aromatic heterocycles. The first-order chi connectivity index (χ1) is 8.52. The van der Waals surface area contributed by atoms with Crippen molar-refractivity contribution in [2.75, 3.05) is 26.3 Å². The summed E-state index contributed by atoms with van der Waals surface area (Å²) < 4.78 is 5.22. The van der Waals surface area contributed by atoms with E-state index in [9.17, 15) is 20.4 Å². The molecule has 2 rings (SSSR count). The van der Waals surface area contributed by atoms with Gasteiger partial charge in [0.25, 0.3) is 0 Å². The highest BCUT2D eigenvalue weighted by Crippen LogP contribution is 2.47. The predicted octanol–water partition coefficient (Wildman–Crippen LogP) is 0.650. The van der Waals surface area contributed by atoms with E-state index in [0.29, 0.717) is 30.9 Å². The Hall–Kier alpha value is -1.66. The third kappa shape index (κ3) is 2.16. The molecule has 1 aromatic rings. The van der Waals surface area contributed by atoms with E-state index in [1.165, 1.54) is 0 Å². The summed E-state index contributed by atoms with van der Waals surface area (Å²) in [6.07, 6.45) is 0. The van der Waals surface area contributed by atoms with E-state index in [0.717, 1.165) is 13.1 Å². The minimum absolute atomic E-state index is 0.370. The average Bonchev–Trinajstić information content (AvgIpc) is 2.40. The van der Waals surface area contributed by atoms with Gasteiger partial charge in [0.1, 0.15) is 0 Å². The molecule has 18 heavy (non-hydrogen) atoms. The van der Waals surface area contributed by atoms with Crippen LogP contribution in [0.2, 0.25) is 0 Å². The molecule has 6 heteroatoms. The minimum Gasteiger partial charge on any atom is -0.504 e. The monoisotopic (exact) mass is 255 g/mol. The molecule has 0 spiro atoms. The quantitative estimate of drug-likeness (QED) is 0.458. The van der Waals surface area contributed by atoms with Gasteiger partial charge in [-0.05, 0) is 6.92 Å². The Labute approximate surface area is 105 Å². The third-order valence-corrected chi connectivity index (χ3v) is 3.25. The van der Waals surface area contributed by atoms with E-state index in [2.05, 4.69) is 0 Å². The lowest BCUT2D eigenvalue weighted by Crippen LogP contribution is -2.35. The lowest BCUT2D eigenvalue weighted by Gasteiger charge is -2.27.